The van der Waals surface area contributed by atoms with Gasteiger partial charge in [-0.1, -0.05) is 60.7 Å². The van der Waals surface area contributed by atoms with Gasteiger partial charge in [0, 0.05) is 41.1 Å². The van der Waals surface area contributed by atoms with Crippen LogP contribution in [0.1, 0.15) is 39.3 Å². The fourth-order valence-corrected chi connectivity index (χ4v) is 4.70. The highest BCUT2D eigenvalue weighted by atomic mass is 16.5. The third-order valence-corrected chi connectivity index (χ3v) is 6.63. The lowest BCUT2D eigenvalue weighted by atomic mass is 9.90. The first-order chi connectivity index (χ1) is 15.5. The number of aryl methyl sites for hydroxylation is 2. The van der Waals surface area contributed by atoms with Crippen molar-refractivity contribution in [2.24, 2.45) is 0 Å². The van der Waals surface area contributed by atoms with Crippen molar-refractivity contribution in [1.29, 1.82) is 0 Å². The van der Waals surface area contributed by atoms with Crippen LogP contribution in [0.4, 0.5) is 0 Å². The highest BCUT2D eigenvalue weighted by Gasteiger charge is 2.26. The largest absolute Gasteiger partial charge is 0.477 e. The van der Waals surface area contributed by atoms with Crippen LogP contribution < -0.4 is 10.4 Å². The van der Waals surface area contributed by atoms with Crippen molar-refractivity contribution in [3.63, 3.8) is 0 Å². The minimum Gasteiger partial charge on any atom is -0.477 e. The first-order valence-corrected chi connectivity index (χ1v) is 11.0. The summed E-state index contributed by atoms with van der Waals surface area (Å²) in [4.78, 5) is 14.5. The van der Waals surface area contributed by atoms with Gasteiger partial charge in [0.2, 0.25) is 0 Å². The van der Waals surface area contributed by atoms with Crippen molar-refractivity contribution in [3.8, 4) is 5.75 Å². The molecule has 0 aliphatic carbocycles. The number of rotatable bonds is 4. The molecular weight excluding hydrogens is 398 g/mol. The summed E-state index contributed by atoms with van der Waals surface area (Å²) in [5, 5.41) is 0.992. The topological polar surface area (TPSA) is 42.7 Å². The number of nitrogens with zero attached hydrogens (tertiary/aromatic N) is 1. The molecule has 0 unspecified atom stereocenters. The molecule has 0 radical (unpaired) electrons. The normalized spacial score (nSPS) is 13.9. The summed E-state index contributed by atoms with van der Waals surface area (Å²) in [5.41, 5.74) is 6.64. The van der Waals surface area contributed by atoms with Gasteiger partial charge in [0.05, 0.1) is 0 Å². The summed E-state index contributed by atoms with van der Waals surface area (Å²) in [7, 11) is 0. The maximum absolute atomic E-state index is 12.2. The quantitative estimate of drug-likeness (QED) is 0.393. The Kier molecular flexibility index (Phi) is 5.32. The highest BCUT2D eigenvalue weighted by molar-refractivity contribution is 5.87. The van der Waals surface area contributed by atoms with Gasteiger partial charge in [-0.05, 0) is 43.5 Å². The highest BCUT2D eigenvalue weighted by Crippen LogP contribution is 2.37. The summed E-state index contributed by atoms with van der Waals surface area (Å²) >= 11 is 0. The van der Waals surface area contributed by atoms with Crippen molar-refractivity contribution >= 4 is 11.0 Å². The molecule has 0 spiro atoms. The van der Waals surface area contributed by atoms with Gasteiger partial charge in [-0.15, -0.1) is 0 Å². The van der Waals surface area contributed by atoms with E-state index in [0.717, 1.165) is 40.9 Å². The first-order valence-electron chi connectivity index (χ1n) is 11.0. The number of hydrogen-bond donors (Lipinski definition) is 0. The molecule has 4 nitrogen and oxygen atoms in total. The van der Waals surface area contributed by atoms with Gasteiger partial charge in [0.25, 0.3) is 0 Å². The second kappa shape index (κ2) is 8.29. The Balaban J connectivity index is 1.50. The van der Waals surface area contributed by atoms with Crippen molar-refractivity contribution in [3.05, 3.63) is 111 Å². The minimum absolute atomic E-state index is 0.256. The summed E-state index contributed by atoms with van der Waals surface area (Å²) in [6.45, 7) is 7.94. The molecule has 0 saturated heterocycles. The molecule has 162 valence electrons. The monoisotopic (exact) mass is 425 g/mol. The van der Waals surface area contributed by atoms with Crippen LogP contribution in [-0.2, 0) is 6.54 Å². The summed E-state index contributed by atoms with van der Waals surface area (Å²) in [6, 6.07) is 23.4. The van der Waals surface area contributed by atoms with E-state index in [0.29, 0.717) is 17.9 Å². The number of ether oxygens (including phenoxy) is 1. The first kappa shape index (κ1) is 20.5. The zero-order valence-corrected chi connectivity index (χ0v) is 18.7. The third-order valence-electron chi connectivity index (χ3n) is 6.63. The molecule has 5 rings (SSSR count). The number of hydrogen-bond acceptors (Lipinski definition) is 4. The molecule has 3 aromatic carbocycles. The second-order valence-corrected chi connectivity index (χ2v) is 8.66. The van der Waals surface area contributed by atoms with E-state index in [2.05, 4.69) is 71.6 Å². The van der Waals surface area contributed by atoms with Gasteiger partial charge in [-0.25, -0.2) is 4.79 Å². The molecule has 1 aliphatic heterocycles. The average molecular weight is 426 g/mol. The molecule has 1 aromatic heterocycles. The van der Waals surface area contributed by atoms with E-state index < -0.39 is 0 Å². The summed E-state index contributed by atoms with van der Waals surface area (Å²) in [5.74, 6) is 1.10. The fraction of sp³-hybridized carbons (Fsp3) is 0.250. The van der Waals surface area contributed by atoms with Crippen molar-refractivity contribution < 1.29 is 9.15 Å². The van der Waals surface area contributed by atoms with E-state index in [1.807, 2.05) is 20.8 Å². The van der Waals surface area contributed by atoms with Crippen LogP contribution in [0.5, 0.6) is 5.75 Å². The maximum Gasteiger partial charge on any atom is 0.339 e. The van der Waals surface area contributed by atoms with Gasteiger partial charge in [-0.3, -0.25) is 4.90 Å². The van der Waals surface area contributed by atoms with Crippen LogP contribution in [0.25, 0.3) is 11.0 Å². The van der Waals surface area contributed by atoms with Crippen molar-refractivity contribution in [2.75, 3.05) is 13.3 Å². The Morgan fingerprint density at radius 3 is 2.12 bits per heavy atom. The van der Waals surface area contributed by atoms with Crippen LogP contribution in [0.2, 0.25) is 0 Å². The number of fused-ring (bicyclic) bond motifs is 2. The Morgan fingerprint density at radius 2 is 1.50 bits per heavy atom. The Morgan fingerprint density at radius 1 is 0.875 bits per heavy atom. The van der Waals surface area contributed by atoms with Crippen LogP contribution in [0, 0.1) is 20.8 Å². The maximum atomic E-state index is 12.2. The van der Waals surface area contributed by atoms with Gasteiger partial charge in [0.1, 0.15) is 18.1 Å². The Bertz CT molecular complexity index is 1290. The summed E-state index contributed by atoms with van der Waals surface area (Å²) in [6.07, 6.45) is 0. The lowest BCUT2D eigenvalue weighted by Crippen LogP contribution is -2.35. The van der Waals surface area contributed by atoms with Crippen LogP contribution in [-0.4, -0.2) is 18.2 Å². The molecule has 0 bridgehead atoms. The molecule has 32 heavy (non-hydrogen) atoms. The van der Waals surface area contributed by atoms with Crippen molar-refractivity contribution in [1.82, 2.24) is 4.90 Å². The number of benzene rings is 3. The minimum atomic E-state index is -0.274. The van der Waals surface area contributed by atoms with E-state index in [4.69, 9.17) is 9.15 Å². The van der Waals surface area contributed by atoms with Gasteiger partial charge in [0.15, 0.2) is 0 Å². The smallest absolute Gasteiger partial charge is 0.339 e. The molecular formula is C28H27NO3. The van der Waals surface area contributed by atoms with Crippen molar-refractivity contribution in [2.45, 2.75) is 33.2 Å². The third kappa shape index (κ3) is 3.61. The Labute approximate surface area is 188 Å². The van der Waals surface area contributed by atoms with Gasteiger partial charge in [-0.2, -0.15) is 0 Å². The molecule has 2 heterocycles. The second-order valence-electron chi connectivity index (χ2n) is 8.66. The molecule has 0 N–H and O–H groups in total. The molecule has 0 fully saturated rings. The molecule has 1 aliphatic rings. The van der Waals surface area contributed by atoms with E-state index in [9.17, 15) is 4.79 Å². The molecule has 0 saturated carbocycles. The van der Waals surface area contributed by atoms with E-state index in [-0.39, 0.29) is 11.5 Å². The van der Waals surface area contributed by atoms with Crippen LogP contribution in [0.15, 0.2) is 75.9 Å². The zero-order chi connectivity index (χ0) is 22.2. The van der Waals surface area contributed by atoms with Gasteiger partial charge < -0.3 is 9.15 Å². The predicted molar refractivity (Wildman–Crippen MR) is 127 cm³/mol. The average Bonchev–Trinajstić information content (AvgIpc) is 2.83. The molecule has 4 aromatic rings. The fourth-order valence-electron chi connectivity index (χ4n) is 4.70. The van der Waals surface area contributed by atoms with E-state index in [1.165, 1.54) is 11.1 Å². The SMILES string of the molecule is Cc1c(C)c2cc3c(c(C)c2oc1=O)OCN(CC(c1ccccc1)c1ccccc1)C3. The summed E-state index contributed by atoms with van der Waals surface area (Å²) < 4.78 is 11.8. The van der Waals surface area contributed by atoms with E-state index >= 15 is 0 Å². The van der Waals surface area contributed by atoms with Crippen LogP contribution >= 0.6 is 0 Å². The van der Waals surface area contributed by atoms with E-state index in [1.54, 1.807) is 0 Å². The van der Waals surface area contributed by atoms with Gasteiger partial charge >= 0.3 is 5.63 Å². The Hall–Kier alpha value is -3.37. The predicted octanol–water partition coefficient (Wildman–Crippen LogP) is 5.70. The zero-order valence-electron chi connectivity index (χ0n) is 18.7. The lowest BCUT2D eigenvalue weighted by molar-refractivity contribution is 0.0917. The standard InChI is InChI=1S/C28H27NO3/c1-18-19(2)28(30)32-27-20(3)26-23(14-24(18)27)15-29(17-31-26)16-25(21-10-6-4-7-11-21)22-12-8-5-9-13-22/h4-14,25H,15-17H2,1-3H3. The van der Waals surface area contributed by atoms with Crippen LogP contribution in [0.3, 0.4) is 0 Å². The molecule has 0 atom stereocenters. The lowest BCUT2D eigenvalue weighted by Gasteiger charge is -2.33. The molecule has 4 heteroatoms. The molecule has 0 amide bonds.